The zero-order valence-electron chi connectivity index (χ0n) is 12.7. The fraction of sp³-hybridized carbons (Fsp3) is 0.118. The van der Waals surface area contributed by atoms with Gasteiger partial charge >= 0.3 is 0 Å². The number of carbonyl (C=O) groups excluding carboxylic acids is 1. The van der Waals surface area contributed by atoms with E-state index in [2.05, 4.69) is 10.2 Å². The molecule has 1 atom stereocenters. The molecule has 0 unspecified atom stereocenters. The van der Waals surface area contributed by atoms with Gasteiger partial charge in [-0.15, -0.1) is 10.2 Å². The molecular weight excluding hydrogens is 349 g/mol. The quantitative estimate of drug-likeness (QED) is 0.498. The lowest BCUT2D eigenvalue weighted by molar-refractivity contribution is 0.0994. The smallest absolute Gasteiger partial charge is 0.196 e. The highest BCUT2D eigenvalue weighted by Gasteiger charge is 2.20. The average molecular weight is 362 g/mol. The molecule has 0 bridgehead atoms. The summed E-state index contributed by atoms with van der Waals surface area (Å²) in [7, 11) is 0. The predicted molar refractivity (Wildman–Crippen MR) is 92.4 cm³/mol. The predicted octanol–water partition coefficient (Wildman–Crippen LogP) is 4.42. The molecule has 3 rings (SSSR count). The number of hydrogen-bond acceptors (Lipinski definition) is 4. The highest BCUT2D eigenvalue weighted by Crippen LogP contribution is 2.27. The third-order valence-corrected chi connectivity index (χ3v) is 4.72. The Hall–Kier alpha value is -2.18. The van der Waals surface area contributed by atoms with Crippen molar-refractivity contribution in [1.82, 2.24) is 14.8 Å². The summed E-state index contributed by atoms with van der Waals surface area (Å²) in [5.74, 6) is -0.435. The van der Waals surface area contributed by atoms with E-state index in [9.17, 15) is 9.18 Å². The molecule has 0 radical (unpaired) electrons. The largest absolute Gasteiger partial charge is 0.293 e. The van der Waals surface area contributed by atoms with Crippen molar-refractivity contribution in [2.45, 2.75) is 17.3 Å². The molecule has 0 aliphatic carbocycles. The maximum atomic E-state index is 14.0. The topological polar surface area (TPSA) is 47.8 Å². The van der Waals surface area contributed by atoms with E-state index in [0.29, 0.717) is 21.4 Å². The standard InChI is InChI=1S/C17H13ClFN3OS/c1-11(16(23)12-6-8-13(18)9-7-12)24-17-21-20-10-22(17)15-5-3-2-4-14(15)19/h2-11H,1H3/t11-/m1/s1. The van der Waals surface area contributed by atoms with Crippen LogP contribution in [0.1, 0.15) is 17.3 Å². The first-order valence-electron chi connectivity index (χ1n) is 7.17. The van der Waals surface area contributed by atoms with Gasteiger partial charge in [0.15, 0.2) is 10.9 Å². The lowest BCUT2D eigenvalue weighted by Crippen LogP contribution is -2.14. The van der Waals surface area contributed by atoms with E-state index >= 15 is 0 Å². The molecule has 2 aromatic carbocycles. The van der Waals surface area contributed by atoms with E-state index in [4.69, 9.17) is 11.6 Å². The van der Waals surface area contributed by atoms with Crippen molar-refractivity contribution in [1.29, 1.82) is 0 Å². The lowest BCUT2D eigenvalue weighted by Gasteiger charge is -2.11. The van der Waals surface area contributed by atoms with Gasteiger partial charge in [-0.2, -0.15) is 0 Å². The van der Waals surface area contributed by atoms with E-state index in [1.165, 1.54) is 28.7 Å². The van der Waals surface area contributed by atoms with Crippen molar-refractivity contribution < 1.29 is 9.18 Å². The zero-order chi connectivity index (χ0) is 17.1. The third kappa shape index (κ3) is 3.49. The Labute approximate surface area is 147 Å². The van der Waals surface area contributed by atoms with Gasteiger partial charge in [0.05, 0.1) is 10.9 Å². The van der Waals surface area contributed by atoms with Crippen LogP contribution in [0.5, 0.6) is 0 Å². The Kier molecular flexibility index (Phi) is 4.97. The van der Waals surface area contributed by atoms with E-state index < -0.39 is 5.25 Å². The minimum Gasteiger partial charge on any atom is -0.293 e. The summed E-state index contributed by atoms with van der Waals surface area (Å²) in [6.07, 6.45) is 1.43. The van der Waals surface area contributed by atoms with Crippen LogP contribution in [0.15, 0.2) is 60.0 Å². The van der Waals surface area contributed by atoms with Crippen LogP contribution in [-0.2, 0) is 0 Å². The minimum absolute atomic E-state index is 0.0558. The first-order chi connectivity index (χ1) is 11.6. The van der Waals surface area contributed by atoms with Crippen LogP contribution < -0.4 is 0 Å². The third-order valence-electron chi connectivity index (χ3n) is 3.41. The van der Waals surface area contributed by atoms with Gasteiger partial charge in [-0.3, -0.25) is 9.36 Å². The normalized spacial score (nSPS) is 12.1. The van der Waals surface area contributed by atoms with Crippen molar-refractivity contribution in [2.24, 2.45) is 0 Å². The molecule has 4 nitrogen and oxygen atoms in total. The first-order valence-corrected chi connectivity index (χ1v) is 8.43. The molecule has 0 saturated heterocycles. The van der Waals surface area contributed by atoms with E-state index in [-0.39, 0.29) is 11.6 Å². The van der Waals surface area contributed by atoms with E-state index in [1.54, 1.807) is 49.4 Å². The van der Waals surface area contributed by atoms with Gasteiger partial charge in [-0.25, -0.2) is 4.39 Å². The first kappa shape index (κ1) is 16.7. The molecule has 24 heavy (non-hydrogen) atoms. The molecular formula is C17H13ClFN3OS. The molecule has 0 aliphatic rings. The number of halogens is 2. The van der Waals surface area contributed by atoms with Crippen LogP contribution in [-0.4, -0.2) is 25.8 Å². The SMILES string of the molecule is C[C@@H](Sc1nncn1-c1ccccc1F)C(=O)c1ccc(Cl)cc1. The molecule has 0 aliphatic heterocycles. The number of Topliss-reactive ketones (excluding diaryl/α,β-unsaturated/α-hetero) is 1. The number of aromatic nitrogens is 3. The van der Waals surface area contributed by atoms with Crippen LogP contribution in [0.2, 0.25) is 5.02 Å². The highest BCUT2D eigenvalue weighted by molar-refractivity contribution is 8.00. The van der Waals surface area contributed by atoms with Crippen molar-refractivity contribution >= 4 is 29.1 Å². The highest BCUT2D eigenvalue weighted by atomic mass is 35.5. The minimum atomic E-state index is -0.402. The number of thioether (sulfide) groups is 1. The molecule has 3 aromatic rings. The molecule has 0 fully saturated rings. The molecule has 0 spiro atoms. The van der Waals surface area contributed by atoms with Crippen molar-refractivity contribution in [3.8, 4) is 5.69 Å². The van der Waals surface area contributed by atoms with Crippen LogP contribution in [0, 0.1) is 5.82 Å². The Morgan fingerprint density at radius 1 is 1.21 bits per heavy atom. The van der Waals surface area contributed by atoms with Crippen LogP contribution in [0.4, 0.5) is 4.39 Å². The average Bonchev–Trinajstić information content (AvgIpc) is 3.03. The lowest BCUT2D eigenvalue weighted by atomic mass is 10.1. The van der Waals surface area contributed by atoms with Gasteiger partial charge < -0.3 is 0 Å². The summed E-state index contributed by atoms with van der Waals surface area (Å²) in [4.78, 5) is 12.5. The molecule has 7 heteroatoms. The number of carbonyl (C=O) groups is 1. The van der Waals surface area contributed by atoms with Gasteiger partial charge in [-0.1, -0.05) is 35.5 Å². The van der Waals surface area contributed by atoms with Gasteiger partial charge in [0.1, 0.15) is 12.1 Å². The van der Waals surface area contributed by atoms with E-state index in [1.807, 2.05) is 0 Å². The summed E-state index contributed by atoms with van der Waals surface area (Å²) in [6, 6.07) is 13.1. The van der Waals surface area contributed by atoms with Gasteiger partial charge in [0.2, 0.25) is 0 Å². The molecule has 1 heterocycles. The summed E-state index contributed by atoms with van der Waals surface area (Å²) in [6.45, 7) is 1.78. The summed E-state index contributed by atoms with van der Waals surface area (Å²) >= 11 is 7.07. The van der Waals surface area contributed by atoms with Gasteiger partial charge in [0, 0.05) is 10.6 Å². The Morgan fingerprint density at radius 3 is 2.62 bits per heavy atom. The number of hydrogen-bond donors (Lipinski definition) is 0. The number of benzene rings is 2. The van der Waals surface area contributed by atoms with Crippen LogP contribution >= 0.6 is 23.4 Å². The Balaban J connectivity index is 1.82. The number of nitrogens with zero attached hydrogens (tertiary/aromatic N) is 3. The second-order valence-electron chi connectivity index (χ2n) is 5.07. The van der Waals surface area contributed by atoms with Crippen molar-refractivity contribution in [3.63, 3.8) is 0 Å². The monoisotopic (exact) mass is 361 g/mol. The fourth-order valence-corrected chi connectivity index (χ4v) is 3.22. The van der Waals surface area contributed by atoms with Crippen LogP contribution in [0.3, 0.4) is 0 Å². The summed E-state index contributed by atoms with van der Waals surface area (Å²) in [5.41, 5.74) is 0.910. The zero-order valence-corrected chi connectivity index (χ0v) is 14.3. The summed E-state index contributed by atoms with van der Waals surface area (Å²) in [5, 5.41) is 8.46. The van der Waals surface area contributed by atoms with Crippen LogP contribution in [0.25, 0.3) is 5.69 Å². The molecule has 0 N–H and O–H groups in total. The van der Waals surface area contributed by atoms with Crippen molar-refractivity contribution in [3.05, 3.63) is 71.3 Å². The number of rotatable bonds is 5. The van der Waals surface area contributed by atoms with Crippen molar-refractivity contribution in [2.75, 3.05) is 0 Å². The number of para-hydroxylation sites is 1. The van der Waals surface area contributed by atoms with Gasteiger partial charge in [0.25, 0.3) is 0 Å². The molecule has 0 amide bonds. The Bertz CT molecular complexity index is 866. The second-order valence-corrected chi connectivity index (χ2v) is 6.81. The molecule has 1 aromatic heterocycles. The van der Waals surface area contributed by atoms with E-state index in [0.717, 1.165) is 0 Å². The maximum absolute atomic E-state index is 14.0. The Morgan fingerprint density at radius 2 is 1.92 bits per heavy atom. The fourth-order valence-electron chi connectivity index (χ4n) is 2.18. The second kappa shape index (κ2) is 7.15. The number of ketones is 1. The van der Waals surface area contributed by atoms with Gasteiger partial charge in [-0.05, 0) is 43.3 Å². The molecule has 0 saturated carbocycles. The maximum Gasteiger partial charge on any atom is 0.196 e. The summed E-state index contributed by atoms with van der Waals surface area (Å²) < 4.78 is 15.5. The molecule has 122 valence electrons.